The van der Waals surface area contributed by atoms with Crippen molar-refractivity contribution in [2.24, 2.45) is 0 Å². The molecule has 29 heavy (non-hydrogen) atoms. The fourth-order valence-corrected chi connectivity index (χ4v) is 3.93. The van der Waals surface area contributed by atoms with Crippen molar-refractivity contribution in [1.82, 2.24) is 5.32 Å². The molecule has 0 saturated carbocycles. The van der Waals surface area contributed by atoms with Gasteiger partial charge in [-0.25, -0.2) is 0 Å². The first-order valence-corrected chi connectivity index (χ1v) is 10.9. The highest BCUT2D eigenvalue weighted by Gasteiger charge is 2.36. The van der Waals surface area contributed by atoms with E-state index in [2.05, 4.69) is 40.3 Å². The Labute approximate surface area is 180 Å². The molecule has 1 aliphatic heterocycles. The Balaban J connectivity index is 1.87. The topological polar surface area (TPSA) is 56.8 Å². The van der Waals surface area contributed by atoms with Crippen LogP contribution in [0.4, 0.5) is 0 Å². The van der Waals surface area contributed by atoms with Crippen molar-refractivity contribution >= 4 is 21.8 Å². The predicted molar refractivity (Wildman–Crippen MR) is 117 cm³/mol. The second kappa shape index (κ2) is 10.1. The minimum absolute atomic E-state index is 0.130. The highest BCUT2D eigenvalue weighted by Crippen LogP contribution is 2.35. The van der Waals surface area contributed by atoms with Crippen molar-refractivity contribution in [1.29, 1.82) is 0 Å². The molecule has 0 aromatic heterocycles. The molecule has 156 valence electrons. The van der Waals surface area contributed by atoms with Gasteiger partial charge in [0, 0.05) is 23.2 Å². The van der Waals surface area contributed by atoms with E-state index in [0.717, 1.165) is 29.3 Å². The molecule has 1 heterocycles. The van der Waals surface area contributed by atoms with Gasteiger partial charge in [-0.3, -0.25) is 4.79 Å². The fourth-order valence-electron chi connectivity index (χ4n) is 3.53. The summed E-state index contributed by atoms with van der Waals surface area (Å²) in [7, 11) is 0. The third kappa shape index (κ3) is 5.31. The third-order valence-corrected chi connectivity index (χ3v) is 5.54. The molecular weight excluding hydrogens is 434 g/mol. The molecule has 1 N–H and O–H groups in total. The Morgan fingerprint density at radius 2 is 1.90 bits per heavy atom. The number of halogens is 1. The van der Waals surface area contributed by atoms with Gasteiger partial charge in [-0.05, 0) is 62.1 Å². The number of amides is 1. The summed E-state index contributed by atoms with van der Waals surface area (Å²) in [5, 5.41) is 3.29. The van der Waals surface area contributed by atoms with Gasteiger partial charge in [0.1, 0.15) is 0 Å². The van der Waals surface area contributed by atoms with E-state index in [0.29, 0.717) is 43.5 Å². The van der Waals surface area contributed by atoms with Crippen LogP contribution in [0, 0.1) is 0 Å². The molecular formula is C23H28BrNO4. The number of nitrogens with one attached hydrogen (secondary N) is 1. The Bertz CT molecular complexity index is 833. The van der Waals surface area contributed by atoms with Gasteiger partial charge in [-0.1, -0.05) is 35.0 Å². The smallest absolute Gasteiger partial charge is 0.252 e. The molecule has 1 fully saturated rings. The minimum atomic E-state index is -0.456. The number of benzene rings is 2. The van der Waals surface area contributed by atoms with E-state index >= 15 is 0 Å². The van der Waals surface area contributed by atoms with E-state index in [1.807, 2.05) is 25.1 Å². The van der Waals surface area contributed by atoms with Crippen LogP contribution in [0.25, 0.3) is 0 Å². The summed E-state index contributed by atoms with van der Waals surface area (Å²) in [6, 6.07) is 13.5. The SMILES string of the molecule is CCCOc1ccc(C(=O)NC2(c3cccc(Br)c3)CCOCC2)cc1OCC. The van der Waals surface area contributed by atoms with Crippen LogP contribution in [0.2, 0.25) is 0 Å². The first kappa shape index (κ1) is 21.7. The molecule has 0 radical (unpaired) electrons. The Morgan fingerprint density at radius 1 is 1.10 bits per heavy atom. The monoisotopic (exact) mass is 461 g/mol. The number of carbonyl (C=O) groups is 1. The lowest BCUT2D eigenvalue weighted by molar-refractivity contribution is 0.0345. The van der Waals surface area contributed by atoms with Gasteiger partial charge >= 0.3 is 0 Å². The van der Waals surface area contributed by atoms with E-state index in [9.17, 15) is 4.79 Å². The van der Waals surface area contributed by atoms with Gasteiger partial charge in [0.25, 0.3) is 5.91 Å². The van der Waals surface area contributed by atoms with Gasteiger partial charge in [0.15, 0.2) is 11.5 Å². The average molecular weight is 462 g/mol. The average Bonchev–Trinajstić information content (AvgIpc) is 2.73. The van der Waals surface area contributed by atoms with Gasteiger partial charge in [-0.15, -0.1) is 0 Å². The third-order valence-electron chi connectivity index (χ3n) is 5.04. The van der Waals surface area contributed by atoms with Crippen molar-refractivity contribution in [3.8, 4) is 11.5 Å². The van der Waals surface area contributed by atoms with Crippen LogP contribution in [-0.4, -0.2) is 32.3 Å². The molecule has 1 amide bonds. The lowest BCUT2D eigenvalue weighted by Gasteiger charge is -2.38. The summed E-state index contributed by atoms with van der Waals surface area (Å²) in [6.45, 7) is 6.31. The standard InChI is InChI=1S/C23H28BrNO4/c1-3-12-29-20-9-8-17(15-21(20)28-4-2)22(26)25-23(10-13-27-14-11-23)18-6-5-7-19(24)16-18/h5-9,15-16H,3-4,10-14H2,1-2H3,(H,25,26). The summed E-state index contributed by atoms with van der Waals surface area (Å²) < 4.78 is 18.0. The number of carbonyl (C=O) groups excluding carboxylic acids is 1. The van der Waals surface area contributed by atoms with E-state index < -0.39 is 5.54 Å². The van der Waals surface area contributed by atoms with Crippen molar-refractivity contribution in [3.05, 3.63) is 58.1 Å². The molecule has 1 aliphatic rings. The Kier molecular flexibility index (Phi) is 7.56. The summed E-state index contributed by atoms with van der Waals surface area (Å²) in [4.78, 5) is 13.2. The maximum atomic E-state index is 13.2. The molecule has 1 saturated heterocycles. The molecule has 0 spiro atoms. The lowest BCUT2D eigenvalue weighted by atomic mass is 9.82. The van der Waals surface area contributed by atoms with Crippen LogP contribution in [0.3, 0.4) is 0 Å². The maximum absolute atomic E-state index is 13.2. The van der Waals surface area contributed by atoms with Crippen LogP contribution in [0.5, 0.6) is 11.5 Å². The highest BCUT2D eigenvalue weighted by atomic mass is 79.9. The first-order chi connectivity index (χ1) is 14.1. The molecule has 0 aliphatic carbocycles. The van der Waals surface area contributed by atoms with Gasteiger partial charge in [0.2, 0.25) is 0 Å². The summed E-state index contributed by atoms with van der Waals surface area (Å²) in [5.74, 6) is 1.13. The molecule has 2 aromatic rings. The molecule has 2 aromatic carbocycles. The van der Waals surface area contributed by atoms with E-state index in [-0.39, 0.29) is 5.91 Å². The largest absolute Gasteiger partial charge is 0.490 e. The Morgan fingerprint density at radius 3 is 2.59 bits per heavy atom. The zero-order chi connectivity index (χ0) is 20.7. The van der Waals surface area contributed by atoms with Crippen molar-refractivity contribution in [2.75, 3.05) is 26.4 Å². The van der Waals surface area contributed by atoms with Crippen LogP contribution in [-0.2, 0) is 10.3 Å². The predicted octanol–water partition coefficient (Wildman–Crippen LogP) is 5.07. The first-order valence-electron chi connectivity index (χ1n) is 10.1. The molecule has 0 bridgehead atoms. The van der Waals surface area contributed by atoms with E-state index in [1.54, 1.807) is 12.1 Å². The molecule has 3 rings (SSSR count). The molecule has 5 nitrogen and oxygen atoms in total. The van der Waals surface area contributed by atoms with Crippen molar-refractivity contribution in [2.45, 2.75) is 38.6 Å². The summed E-state index contributed by atoms with van der Waals surface area (Å²) in [5.41, 5.74) is 1.18. The van der Waals surface area contributed by atoms with Crippen LogP contribution in [0.1, 0.15) is 49.0 Å². The van der Waals surface area contributed by atoms with E-state index in [4.69, 9.17) is 14.2 Å². The molecule has 6 heteroatoms. The Hall–Kier alpha value is -2.05. The van der Waals surface area contributed by atoms with Crippen molar-refractivity contribution < 1.29 is 19.0 Å². The van der Waals surface area contributed by atoms with Gasteiger partial charge < -0.3 is 19.5 Å². The number of hydrogen-bond donors (Lipinski definition) is 1. The zero-order valence-electron chi connectivity index (χ0n) is 17.0. The van der Waals surface area contributed by atoms with Crippen molar-refractivity contribution in [3.63, 3.8) is 0 Å². The molecule has 0 atom stereocenters. The van der Waals surface area contributed by atoms with Crippen LogP contribution < -0.4 is 14.8 Å². The van der Waals surface area contributed by atoms with Gasteiger partial charge in [-0.2, -0.15) is 0 Å². The quantitative estimate of drug-likeness (QED) is 0.595. The maximum Gasteiger partial charge on any atom is 0.252 e. The highest BCUT2D eigenvalue weighted by molar-refractivity contribution is 9.10. The normalized spacial score (nSPS) is 15.6. The minimum Gasteiger partial charge on any atom is -0.490 e. The zero-order valence-corrected chi connectivity index (χ0v) is 18.6. The number of rotatable bonds is 8. The molecule has 0 unspecified atom stereocenters. The lowest BCUT2D eigenvalue weighted by Crippen LogP contribution is -2.49. The summed E-state index contributed by atoms with van der Waals surface area (Å²) in [6.07, 6.45) is 2.36. The number of ether oxygens (including phenoxy) is 3. The van der Waals surface area contributed by atoms with Crippen LogP contribution in [0.15, 0.2) is 46.9 Å². The van der Waals surface area contributed by atoms with Gasteiger partial charge in [0.05, 0.1) is 18.8 Å². The van der Waals surface area contributed by atoms with E-state index in [1.165, 1.54) is 0 Å². The fraction of sp³-hybridized carbons (Fsp3) is 0.435. The second-order valence-corrected chi connectivity index (χ2v) is 8.02. The number of hydrogen-bond acceptors (Lipinski definition) is 4. The van der Waals surface area contributed by atoms with Crippen LogP contribution >= 0.6 is 15.9 Å². The summed E-state index contributed by atoms with van der Waals surface area (Å²) >= 11 is 3.55. The second-order valence-electron chi connectivity index (χ2n) is 7.10.